The molecule has 0 saturated carbocycles. The van der Waals surface area contributed by atoms with E-state index in [4.69, 9.17) is 27.9 Å². The summed E-state index contributed by atoms with van der Waals surface area (Å²) in [7, 11) is 0. The minimum Gasteiger partial charge on any atom is -0.378 e. The first kappa shape index (κ1) is 22.9. The van der Waals surface area contributed by atoms with E-state index >= 15 is 0 Å². The minimum atomic E-state index is -0.107. The molecule has 5 rings (SSSR count). The summed E-state index contributed by atoms with van der Waals surface area (Å²) < 4.78 is 6.96. The number of halogens is 2. The molecule has 0 N–H and O–H groups in total. The number of morpholine rings is 1. The second-order valence-corrected chi connectivity index (χ2v) is 9.13. The lowest BCUT2D eigenvalue weighted by Gasteiger charge is -2.35. The van der Waals surface area contributed by atoms with Gasteiger partial charge in [0, 0.05) is 39.3 Å². The van der Waals surface area contributed by atoms with Gasteiger partial charge in [-0.3, -0.25) is 9.59 Å². The SMILES string of the molecule is O=C(Cc1ccc(Cl)c(Cl)c1)N1CCN(c2ccc3nc(C(=O)N4CCOCC4)cn3n2)CC1. The lowest BCUT2D eigenvalue weighted by atomic mass is 10.1. The van der Waals surface area contributed by atoms with Crippen LogP contribution in [0.1, 0.15) is 16.1 Å². The van der Waals surface area contributed by atoms with Crippen molar-refractivity contribution in [3.8, 4) is 0 Å². The highest BCUT2D eigenvalue weighted by Gasteiger charge is 2.24. The third-order valence-corrected chi connectivity index (χ3v) is 6.86. The molecule has 2 amide bonds. The molecule has 0 spiro atoms. The number of anilines is 1. The Kier molecular flexibility index (Phi) is 6.58. The number of benzene rings is 1. The Labute approximate surface area is 206 Å². The number of carbonyl (C=O) groups is 2. The second kappa shape index (κ2) is 9.77. The number of rotatable bonds is 4. The molecular formula is C23H24Cl2N6O3. The molecule has 9 nitrogen and oxygen atoms in total. The van der Waals surface area contributed by atoms with E-state index in [0.717, 1.165) is 11.4 Å². The molecule has 178 valence electrons. The van der Waals surface area contributed by atoms with E-state index in [1.54, 1.807) is 27.7 Å². The monoisotopic (exact) mass is 502 g/mol. The van der Waals surface area contributed by atoms with E-state index in [1.807, 2.05) is 23.1 Å². The Morgan fingerprint density at radius 2 is 1.68 bits per heavy atom. The van der Waals surface area contributed by atoms with E-state index < -0.39 is 0 Å². The molecule has 2 aliphatic rings. The van der Waals surface area contributed by atoms with Crippen LogP contribution in [-0.4, -0.2) is 88.7 Å². The number of imidazole rings is 1. The van der Waals surface area contributed by atoms with Crippen LogP contribution < -0.4 is 4.90 Å². The molecule has 0 atom stereocenters. The van der Waals surface area contributed by atoms with Gasteiger partial charge < -0.3 is 19.4 Å². The first-order valence-corrected chi connectivity index (χ1v) is 11.9. The summed E-state index contributed by atoms with van der Waals surface area (Å²) in [6, 6.07) is 9.03. The minimum absolute atomic E-state index is 0.0577. The fourth-order valence-corrected chi connectivity index (χ4v) is 4.51. The predicted octanol–water partition coefficient (Wildman–Crippen LogP) is 2.40. The number of hydrogen-bond donors (Lipinski definition) is 0. The van der Waals surface area contributed by atoms with Crippen molar-refractivity contribution in [3.63, 3.8) is 0 Å². The molecule has 0 bridgehead atoms. The Hall–Kier alpha value is -2.88. The number of ether oxygens (including phenoxy) is 1. The van der Waals surface area contributed by atoms with Crippen molar-refractivity contribution in [2.24, 2.45) is 0 Å². The predicted molar refractivity (Wildman–Crippen MR) is 129 cm³/mol. The van der Waals surface area contributed by atoms with Gasteiger partial charge in [0.1, 0.15) is 11.5 Å². The van der Waals surface area contributed by atoms with Crippen molar-refractivity contribution >= 4 is 46.5 Å². The van der Waals surface area contributed by atoms with Gasteiger partial charge in [0.25, 0.3) is 5.91 Å². The number of amides is 2. The number of fused-ring (bicyclic) bond motifs is 1. The van der Waals surface area contributed by atoms with Crippen molar-refractivity contribution in [3.05, 3.63) is 57.8 Å². The van der Waals surface area contributed by atoms with Gasteiger partial charge in [0.15, 0.2) is 5.65 Å². The van der Waals surface area contributed by atoms with Gasteiger partial charge in [-0.25, -0.2) is 9.50 Å². The average molecular weight is 503 g/mol. The third kappa shape index (κ3) is 4.82. The zero-order valence-corrected chi connectivity index (χ0v) is 20.0. The zero-order chi connectivity index (χ0) is 23.7. The molecule has 0 unspecified atom stereocenters. The normalized spacial score (nSPS) is 16.8. The number of piperazine rings is 1. The van der Waals surface area contributed by atoms with E-state index in [1.165, 1.54) is 0 Å². The van der Waals surface area contributed by atoms with E-state index in [0.29, 0.717) is 73.9 Å². The lowest BCUT2D eigenvalue weighted by Crippen LogP contribution is -2.49. The molecule has 34 heavy (non-hydrogen) atoms. The Bertz CT molecular complexity index is 1220. The van der Waals surface area contributed by atoms with Crippen LogP contribution in [0.15, 0.2) is 36.5 Å². The zero-order valence-electron chi connectivity index (χ0n) is 18.5. The maximum absolute atomic E-state index is 12.7. The van der Waals surface area contributed by atoms with Crippen LogP contribution in [-0.2, 0) is 16.0 Å². The van der Waals surface area contributed by atoms with Crippen LogP contribution in [0, 0.1) is 0 Å². The highest BCUT2D eigenvalue weighted by atomic mass is 35.5. The molecule has 2 aliphatic heterocycles. The summed E-state index contributed by atoms with van der Waals surface area (Å²) in [5, 5.41) is 5.59. The topological polar surface area (TPSA) is 83.3 Å². The van der Waals surface area contributed by atoms with Gasteiger partial charge in [-0.15, -0.1) is 5.10 Å². The molecule has 2 fully saturated rings. The lowest BCUT2D eigenvalue weighted by molar-refractivity contribution is -0.130. The third-order valence-electron chi connectivity index (χ3n) is 6.12. The van der Waals surface area contributed by atoms with Crippen molar-refractivity contribution in [2.45, 2.75) is 6.42 Å². The fraction of sp³-hybridized carbons (Fsp3) is 0.391. The maximum atomic E-state index is 12.7. The van der Waals surface area contributed by atoms with Crippen LogP contribution >= 0.6 is 23.2 Å². The van der Waals surface area contributed by atoms with Crippen LogP contribution in [0.5, 0.6) is 0 Å². The van der Waals surface area contributed by atoms with E-state index in [-0.39, 0.29) is 18.2 Å². The number of carbonyl (C=O) groups excluding carboxylic acids is 2. The molecule has 11 heteroatoms. The summed E-state index contributed by atoms with van der Waals surface area (Å²) in [6.45, 7) is 4.76. The number of aromatic nitrogens is 3. The summed E-state index contributed by atoms with van der Waals surface area (Å²) in [5.74, 6) is 0.735. The van der Waals surface area contributed by atoms with Crippen LogP contribution in [0.3, 0.4) is 0 Å². The molecule has 2 saturated heterocycles. The second-order valence-electron chi connectivity index (χ2n) is 8.32. The maximum Gasteiger partial charge on any atom is 0.274 e. The van der Waals surface area contributed by atoms with Gasteiger partial charge in [-0.2, -0.15) is 0 Å². The number of hydrogen-bond acceptors (Lipinski definition) is 6. The Morgan fingerprint density at radius 3 is 2.41 bits per heavy atom. The molecule has 2 aromatic heterocycles. The van der Waals surface area contributed by atoms with E-state index in [2.05, 4.69) is 15.0 Å². The summed E-state index contributed by atoms with van der Waals surface area (Å²) in [6.07, 6.45) is 1.96. The smallest absolute Gasteiger partial charge is 0.274 e. The first-order valence-electron chi connectivity index (χ1n) is 11.2. The summed E-state index contributed by atoms with van der Waals surface area (Å²) in [4.78, 5) is 35.6. The average Bonchev–Trinajstić information content (AvgIpc) is 3.30. The molecule has 3 aromatic rings. The molecule has 0 radical (unpaired) electrons. The standard InChI is InChI=1S/C23H24Cl2N6O3/c24-17-2-1-16(13-18(17)25)14-22(32)29-7-5-28(6-8-29)21-4-3-20-26-19(15-31(20)27-21)23(33)30-9-11-34-12-10-30/h1-4,13,15H,5-12,14H2. The summed E-state index contributed by atoms with van der Waals surface area (Å²) >= 11 is 12.0. The summed E-state index contributed by atoms with van der Waals surface area (Å²) in [5.41, 5.74) is 1.84. The highest BCUT2D eigenvalue weighted by molar-refractivity contribution is 6.42. The molecular weight excluding hydrogens is 479 g/mol. The van der Waals surface area contributed by atoms with Crippen molar-refractivity contribution in [2.75, 3.05) is 57.4 Å². The Morgan fingerprint density at radius 1 is 0.912 bits per heavy atom. The van der Waals surface area contributed by atoms with E-state index in [9.17, 15) is 9.59 Å². The van der Waals surface area contributed by atoms with Crippen LogP contribution in [0.25, 0.3) is 5.65 Å². The van der Waals surface area contributed by atoms with Gasteiger partial charge >= 0.3 is 0 Å². The Balaban J connectivity index is 1.21. The van der Waals surface area contributed by atoms with Crippen molar-refractivity contribution in [1.29, 1.82) is 0 Å². The van der Waals surface area contributed by atoms with Crippen molar-refractivity contribution in [1.82, 2.24) is 24.4 Å². The molecule has 4 heterocycles. The van der Waals surface area contributed by atoms with Gasteiger partial charge in [-0.1, -0.05) is 29.3 Å². The fourth-order valence-electron chi connectivity index (χ4n) is 4.19. The van der Waals surface area contributed by atoms with Gasteiger partial charge in [0.05, 0.1) is 35.9 Å². The van der Waals surface area contributed by atoms with Gasteiger partial charge in [0.2, 0.25) is 5.91 Å². The molecule has 0 aliphatic carbocycles. The molecule has 1 aromatic carbocycles. The number of nitrogens with zero attached hydrogens (tertiary/aromatic N) is 6. The van der Waals surface area contributed by atoms with Crippen LogP contribution in [0.2, 0.25) is 10.0 Å². The largest absolute Gasteiger partial charge is 0.378 e. The first-order chi connectivity index (χ1) is 16.5. The van der Waals surface area contributed by atoms with Crippen LogP contribution in [0.4, 0.5) is 5.82 Å². The quantitative estimate of drug-likeness (QED) is 0.544. The van der Waals surface area contributed by atoms with Crippen molar-refractivity contribution < 1.29 is 14.3 Å². The van der Waals surface area contributed by atoms with Gasteiger partial charge in [-0.05, 0) is 29.8 Å². The highest BCUT2D eigenvalue weighted by Crippen LogP contribution is 2.23.